The minimum Gasteiger partial charge on any atom is -0.496 e. The highest BCUT2D eigenvalue weighted by Crippen LogP contribution is 2.54. The SMILES string of the molecule is COCCN1CC2(CCN(C(=O)c3ccccc3OC)CC2)C1c1ccncc1. The predicted molar refractivity (Wildman–Crippen MR) is 111 cm³/mol. The topological polar surface area (TPSA) is 54.9 Å². The molecule has 2 saturated heterocycles. The maximum absolute atomic E-state index is 13.1. The molecular weight excluding hydrogens is 366 g/mol. The van der Waals surface area contributed by atoms with Gasteiger partial charge in [0.1, 0.15) is 5.75 Å². The van der Waals surface area contributed by atoms with Crippen molar-refractivity contribution in [1.82, 2.24) is 14.8 Å². The number of rotatable bonds is 6. The summed E-state index contributed by atoms with van der Waals surface area (Å²) in [6.07, 6.45) is 5.75. The van der Waals surface area contributed by atoms with Gasteiger partial charge in [-0.2, -0.15) is 0 Å². The molecule has 0 saturated carbocycles. The van der Waals surface area contributed by atoms with E-state index in [-0.39, 0.29) is 11.3 Å². The first-order chi connectivity index (χ1) is 14.2. The number of nitrogens with zero attached hydrogens (tertiary/aromatic N) is 3. The molecule has 0 aliphatic carbocycles. The summed E-state index contributed by atoms with van der Waals surface area (Å²) in [5.41, 5.74) is 2.17. The van der Waals surface area contributed by atoms with Gasteiger partial charge in [-0.15, -0.1) is 0 Å². The van der Waals surface area contributed by atoms with Crippen molar-refractivity contribution in [3.8, 4) is 5.75 Å². The lowest BCUT2D eigenvalue weighted by molar-refractivity contribution is -0.114. The van der Waals surface area contributed by atoms with Gasteiger partial charge in [0.2, 0.25) is 0 Å². The van der Waals surface area contributed by atoms with E-state index in [2.05, 4.69) is 22.0 Å². The predicted octanol–water partition coefficient (Wildman–Crippen LogP) is 3.02. The summed E-state index contributed by atoms with van der Waals surface area (Å²) in [6.45, 7) is 4.26. The fraction of sp³-hybridized carbons (Fsp3) is 0.478. The molecule has 1 aromatic heterocycles. The Balaban J connectivity index is 1.48. The molecule has 0 radical (unpaired) electrons. The van der Waals surface area contributed by atoms with Crippen LogP contribution in [0.1, 0.15) is 34.8 Å². The maximum atomic E-state index is 13.1. The van der Waals surface area contributed by atoms with Crippen molar-refractivity contribution < 1.29 is 14.3 Å². The second-order valence-electron chi connectivity index (χ2n) is 8.00. The lowest BCUT2D eigenvalue weighted by Crippen LogP contribution is -2.63. The summed E-state index contributed by atoms with van der Waals surface area (Å²) in [4.78, 5) is 21.7. The fourth-order valence-electron chi connectivity index (χ4n) is 4.96. The van der Waals surface area contributed by atoms with Crippen LogP contribution in [-0.4, -0.2) is 67.7 Å². The van der Waals surface area contributed by atoms with Gasteiger partial charge in [-0.25, -0.2) is 0 Å². The number of likely N-dealkylation sites (tertiary alicyclic amines) is 2. The Labute approximate surface area is 172 Å². The molecular formula is C23H29N3O3. The first-order valence-electron chi connectivity index (χ1n) is 10.2. The van der Waals surface area contributed by atoms with Crippen molar-refractivity contribution in [3.63, 3.8) is 0 Å². The van der Waals surface area contributed by atoms with E-state index in [0.29, 0.717) is 17.4 Å². The molecule has 1 aromatic carbocycles. The average molecular weight is 396 g/mol. The lowest BCUT2D eigenvalue weighted by Gasteiger charge is -2.60. The Bertz CT molecular complexity index is 834. The molecule has 154 valence electrons. The molecule has 3 heterocycles. The number of hydrogen-bond donors (Lipinski definition) is 0. The number of pyridine rings is 1. The number of amides is 1. The monoisotopic (exact) mass is 395 g/mol. The minimum atomic E-state index is 0.0633. The molecule has 1 unspecified atom stereocenters. The number of piperidine rings is 1. The van der Waals surface area contributed by atoms with Crippen LogP contribution >= 0.6 is 0 Å². The Kier molecular flexibility index (Phi) is 5.83. The van der Waals surface area contributed by atoms with E-state index in [1.165, 1.54) is 5.56 Å². The molecule has 2 aliphatic heterocycles. The second kappa shape index (κ2) is 8.51. The first kappa shape index (κ1) is 19.9. The van der Waals surface area contributed by atoms with E-state index in [1.807, 2.05) is 41.6 Å². The highest BCUT2D eigenvalue weighted by molar-refractivity contribution is 5.97. The molecule has 2 fully saturated rings. The molecule has 1 amide bonds. The van der Waals surface area contributed by atoms with Gasteiger partial charge in [0, 0.05) is 57.1 Å². The van der Waals surface area contributed by atoms with Gasteiger partial charge in [-0.05, 0) is 42.7 Å². The van der Waals surface area contributed by atoms with Crippen LogP contribution in [0.15, 0.2) is 48.8 Å². The van der Waals surface area contributed by atoms with Gasteiger partial charge in [0.25, 0.3) is 5.91 Å². The zero-order valence-corrected chi connectivity index (χ0v) is 17.2. The van der Waals surface area contributed by atoms with Crippen molar-refractivity contribution in [3.05, 3.63) is 59.9 Å². The number of hydrogen-bond acceptors (Lipinski definition) is 5. The zero-order chi connectivity index (χ0) is 20.3. The molecule has 4 rings (SSSR count). The van der Waals surface area contributed by atoms with Crippen LogP contribution in [0.5, 0.6) is 5.75 Å². The van der Waals surface area contributed by atoms with E-state index < -0.39 is 0 Å². The largest absolute Gasteiger partial charge is 0.496 e. The number of ether oxygens (including phenoxy) is 2. The van der Waals surface area contributed by atoms with E-state index in [4.69, 9.17) is 9.47 Å². The van der Waals surface area contributed by atoms with Gasteiger partial charge in [0.15, 0.2) is 0 Å². The Hall–Kier alpha value is -2.44. The third-order valence-corrected chi connectivity index (χ3v) is 6.45. The Morgan fingerprint density at radius 1 is 1.14 bits per heavy atom. The number of carbonyl (C=O) groups excluding carboxylic acids is 1. The average Bonchev–Trinajstić information content (AvgIpc) is 2.77. The van der Waals surface area contributed by atoms with Crippen molar-refractivity contribution in [2.45, 2.75) is 18.9 Å². The van der Waals surface area contributed by atoms with Gasteiger partial charge >= 0.3 is 0 Å². The molecule has 6 heteroatoms. The summed E-state index contributed by atoms with van der Waals surface area (Å²) in [6, 6.07) is 12.1. The summed E-state index contributed by atoms with van der Waals surface area (Å²) >= 11 is 0. The van der Waals surface area contributed by atoms with E-state index in [0.717, 1.165) is 45.6 Å². The minimum absolute atomic E-state index is 0.0633. The third kappa shape index (κ3) is 3.74. The van der Waals surface area contributed by atoms with Gasteiger partial charge in [-0.3, -0.25) is 14.7 Å². The van der Waals surface area contributed by atoms with Gasteiger partial charge in [0.05, 0.1) is 19.3 Å². The van der Waals surface area contributed by atoms with Crippen LogP contribution in [0.4, 0.5) is 0 Å². The highest BCUT2D eigenvalue weighted by atomic mass is 16.5. The summed E-state index contributed by atoms with van der Waals surface area (Å²) in [5, 5.41) is 0. The summed E-state index contributed by atoms with van der Waals surface area (Å²) in [5.74, 6) is 0.704. The first-order valence-corrected chi connectivity index (χ1v) is 10.2. The number of aromatic nitrogens is 1. The van der Waals surface area contributed by atoms with Gasteiger partial charge in [-0.1, -0.05) is 12.1 Å². The molecule has 0 bridgehead atoms. The number of carbonyl (C=O) groups is 1. The molecule has 2 aliphatic rings. The molecule has 2 aromatic rings. The Morgan fingerprint density at radius 2 is 1.86 bits per heavy atom. The summed E-state index contributed by atoms with van der Waals surface area (Å²) in [7, 11) is 3.36. The van der Waals surface area contributed by atoms with E-state index >= 15 is 0 Å². The second-order valence-corrected chi connectivity index (χ2v) is 8.00. The smallest absolute Gasteiger partial charge is 0.257 e. The summed E-state index contributed by atoms with van der Waals surface area (Å²) < 4.78 is 10.7. The van der Waals surface area contributed by atoms with Crippen LogP contribution < -0.4 is 4.74 Å². The van der Waals surface area contributed by atoms with E-state index in [1.54, 1.807) is 14.2 Å². The molecule has 6 nitrogen and oxygen atoms in total. The number of methoxy groups -OCH3 is 2. The van der Waals surface area contributed by atoms with E-state index in [9.17, 15) is 4.79 Å². The van der Waals surface area contributed by atoms with Crippen LogP contribution in [-0.2, 0) is 4.74 Å². The van der Waals surface area contributed by atoms with Crippen molar-refractivity contribution >= 4 is 5.91 Å². The van der Waals surface area contributed by atoms with Crippen LogP contribution in [0.25, 0.3) is 0 Å². The van der Waals surface area contributed by atoms with Crippen molar-refractivity contribution in [2.75, 3.05) is 47.0 Å². The number of benzene rings is 1. The molecule has 0 N–H and O–H groups in total. The fourth-order valence-corrected chi connectivity index (χ4v) is 4.96. The zero-order valence-electron chi connectivity index (χ0n) is 17.2. The molecule has 1 spiro atoms. The van der Waals surface area contributed by atoms with Gasteiger partial charge < -0.3 is 14.4 Å². The molecule has 29 heavy (non-hydrogen) atoms. The number of para-hydroxylation sites is 1. The van der Waals surface area contributed by atoms with Crippen LogP contribution in [0, 0.1) is 5.41 Å². The van der Waals surface area contributed by atoms with Crippen molar-refractivity contribution in [1.29, 1.82) is 0 Å². The maximum Gasteiger partial charge on any atom is 0.257 e. The standard InChI is InChI=1S/C23H29N3O3/c1-28-16-15-26-17-23(21(26)18-7-11-24-12-8-18)9-13-25(14-10-23)22(27)19-5-3-4-6-20(19)29-2/h3-8,11-12,21H,9-10,13-17H2,1-2H3. The third-order valence-electron chi connectivity index (χ3n) is 6.45. The Morgan fingerprint density at radius 3 is 2.55 bits per heavy atom. The lowest BCUT2D eigenvalue weighted by atomic mass is 9.63. The van der Waals surface area contributed by atoms with Crippen molar-refractivity contribution in [2.24, 2.45) is 5.41 Å². The van der Waals surface area contributed by atoms with Crippen LogP contribution in [0.2, 0.25) is 0 Å². The highest BCUT2D eigenvalue weighted by Gasteiger charge is 2.54. The molecule has 1 atom stereocenters. The normalized spacial score (nSPS) is 21.0. The quantitative estimate of drug-likeness (QED) is 0.753. The van der Waals surface area contributed by atoms with Crippen LogP contribution in [0.3, 0.4) is 0 Å².